The molecule has 4 nitrogen and oxygen atoms in total. The fraction of sp³-hybridized carbons (Fsp3) is 0.800. The molecule has 1 aromatic heterocycles. The lowest BCUT2D eigenvalue weighted by molar-refractivity contribution is 0.216. The van der Waals surface area contributed by atoms with Gasteiger partial charge in [0.15, 0.2) is 0 Å². The summed E-state index contributed by atoms with van der Waals surface area (Å²) in [4.78, 5) is 2.58. The first-order valence-corrected chi connectivity index (χ1v) is 7.49. The van der Waals surface area contributed by atoms with E-state index in [1.54, 1.807) is 0 Å². The summed E-state index contributed by atoms with van der Waals surface area (Å²) in [5.74, 6) is 0.707. The highest BCUT2D eigenvalue weighted by molar-refractivity contribution is 5.15. The predicted molar refractivity (Wildman–Crippen MR) is 79.1 cm³/mol. The average molecular weight is 264 g/mol. The number of nitrogens with one attached hydrogen (secondary N) is 1. The maximum Gasteiger partial charge on any atom is 0.0638 e. The van der Waals surface area contributed by atoms with Crippen LogP contribution in [0, 0.1) is 12.8 Å². The van der Waals surface area contributed by atoms with Gasteiger partial charge >= 0.3 is 0 Å². The molecule has 1 aliphatic heterocycles. The lowest BCUT2D eigenvalue weighted by Crippen LogP contribution is -2.39. The van der Waals surface area contributed by atoms with Crippen molar-refractivity contribution in [2.75, 3.05) is 19.6 Å². The van der Waals surface area contributed by atoms with E-state index in [1.807, 2.05) is 11.7 Å². The zero-order valence-corrected chi connectivity index (χ0v) is 12.8. The van der Waals surface area contributed by atoms with E-state index in [1.165, 1.54) is 24.9 Å². The summed E-state index contributed by atoms with van der Waals surface area (Å²) in [6.45, 7) is 11.2. The Morgan fingerprint density at radius 2 is 2.32 bits per heavy atom. The fourth-order valence-corrected chi connectivity index (χ4v) is 2.99. The van der Waals surface area contributed by atoms with Crippen molar-refractivity contribution in [3.8, 4) is 0 Å². The molecule has 0 saturated carbocycles. The van der Waals surface area contributed by atoms with Gasteiger partial charge in [0, 0.05) is 44.5 Å². The molecule has 1 aliphatic rings. The van der Waals surface area contributed by atoms with Crippen molar-refractivity contribution < 1.29 is 0 Å². The summed E-state index contributed by atoms with van der Waals surface area (Å²) >= 11 is 0. The van der Waals surface area contributed by atoms with Crippen LogP contribution in [0.15, 0.2) is 6.20 Å². The first-order valence-electron chi connectivity index (χ1n) is 7.49. The molecule has 0 aromatic carbocycles. The minimum atomic E-state index is 0.677. The number of hydrogen-bond acceptors (Lipinski definition) is 3. The molecule has 19 heavy (non-hydrogen) atoms. The second-order valence-electron chi connectivity index (χ2n) is 6.29. The van der Waals surface area contributed by atoms with Gasteiger partial charge < -0.3 is 5.32 Å². The van der Waals surface area contributed by atoms with Crippen LogP contribution in [0.2, 0.25) is 0 Å². The molecule has 1 atom stereocenters. The number of aryl methyl sites for hydroxylation is 2. The number of nitrogens with zero attached hydrogens (tertiary/aromatic N) is 3. The van der Waals surface area contributed by atoms with Gasteiger partial charge in [0.25, 0.3) is 0 Å². The Morgan fingerprint density at radius 1 is 1.53 bits per heavy atom. The van der Waals surface area contributed by atoms with Crippen LogP contribution in [0.4, 0.5) is 0 Å². The molecule has 1 fully saturated rings. The topological polar surface area (TPSA) is 33.1 Å². The molecule has 0 amide bonds. The number of hydrogen-bond donors (Lipinski definition) is 1. The van der Waals surface area contributed by atoms with Crippen molar-refractivity contribution in [1.29, 1.82) is 0 Å². The Hall–Kier alpha value is -0.870. The molecule has 1 saturated heterocycles. The van der Waals surface area contributed by atoms with Crippen LogP contribution in [-0.4, -0.2) is 40.4 Å². The Balaban J connectivity index is 1.98. The second kappa shape index (κ2) is 6.53. The molecule has 108 valence electrons. The molecule has 1 N–H and O–H groups in total. The predicted octanol–water partition coefficient (Wildman–Crippen LogP) is 1.94. The first kappa shape index (κ1) is 14.5. The smallest absolute Gasteiger partial charge is 0.0638 e. The van der Waals surface area contributed by atoms with Gasteiger partial charge in [-0.15, -0.1) is 0 Å². The van der Waals surface area contributed by atoms with Crippen LogP contribution in [0.3, 0.4) is 0 Å². The van der Waals surface area contributed by atoms with Crippen LogP contribution in [0.25, 0.3) is 0 Å². The van der Waals surface area contributed by atoms with E-state index in [4.69, 9.17) is 0 Å². The van der Waals surface area contributed by atoms with E-state index in [0.717, 1.165) is 25.3 Å². The Labute approximate surface area is 117 Å². The lowest BCUT2D eigenvalue weighted by atomic mass is 10.1. The first-order chi connectivity index (χ1) is 9.04. The highest BCUT2D eigenvalue weighted by Gasteiger charge is 2.19. The molecule has 4 heteroatoms. The fourth-order valence-electron chi connectivity index (χ4n) is 2.99. The van der Waals surface area contributed by atoms with Crippen molar-refractivity contribution in [2.24, 2.45) is 13.0 Å². The van der Waals surface area contributed by atoms with E-state index in [-0.39, 0.29) is 0 Å². The molecule has 2 rings (SSSR count). The Bertz CT molecular complexity index is 391. The molecule has 0 spiro atoms. The Morgan fingerprint density at radius 3 is 2.84 bits per heavy atom. The summed E-state index contributed by atoms with van der Waals surface area (Å²) in [6.07, 6.45) is 4.80. The van der Waals surface area contributed by atoms with Gasteiger partial charge in [-0.2, -0.15) is 5.10 Å². The molecule has 0 bridgehead atoms. The molecule has 0 radical (unpaired) electrons. The summed E-state index contributed by atoms with van der Waals surface area (Å²) in [6, 6.07) is 0.677. The highest BCUT2D eigenvalue weighted by atomic mass is 15.3. The molecule has 1 aromatic rings. The van der Waals surface area contributed by atoms with E-state index < -0.39 is 0 Å². The normalized spacial score (nSPS) is 19.8. The van der Waals surface area contributed by atoms with Crippen molar-refractivity contribution >= 4 is 0 Å². The van der Waals surface area contributed by atoms with Gasteiger partial charge in [-0.05, 0) is 32.2 Å². The van der Waals surface area contributed by atoms with E-state index in [0.29, 0.717) is 12.0 Å². The zero-order valence-electron chi connectivity index (χ0n) is 12.8. The summed E-state index contributed by atoms with van der Waals surface area (Å²) in [5.41, 5.74) is 2.52. The summed E-state index contributed by atoms with van der Waals surface area (Å²) in [7, 11) is 2.00. The van der Waals surface area contributed by atoms with Crippen molar-refractivity contribution in [3.63, 3.8) is 0 Å². The molecule has 1 unspecified atom stereocenters. The largest absolute Gasteiger partial charge is 0.313 e. The molecule has 2 heterocycles. The lowest BCUT2D eigenvalue weighted by Gasteiger charge is -2.27. The van der Waals surface area contributed by atoms with Gasteiger partial charge in [0.1, 0.15) is 0 Å². The van der Waals surface area contributed by atoms with Gasteiger partial charge in [0.2, 0.25) is 0 Å². The minimum absolute atomic E-state index is 0.677. The molecule has 0 aliphatic carbocycles. The monoisotopic (exact) mass is 264 g/mol. The summed E-state index contributed by atoms with van der Waals surface area (Å²) in [5, 5.41) is 8.05. The van der Waals surface area contributed by atoms with Crippen LogP contribution < -0.4 is 5.32 Å². The molecular weight excluding hydrogens is 236 g/mol. The van der Waals surface area contributed by atoms with E-state index >= 15 is 0 Å². The van der Waals surface area contributed by atoms with E-state index in [2.05, 4.69) is 42.3 Å². The minimum Gasteiger partial charge on any atom is -0.313 e. The third kappa shape index (κ3) is 4.32. The van der Waals surface area contributed by atoms with Crippen LogP contribution in [0.1, 0.15) is 37.9 Å². The standard InChI is InChI=1S/C15H28N4/c1-12(2)8-19(11-15-6-5-7-16-15)10-14-9-18(4)17-13(14)3/h9,12,15-16H,5-8,10-11H2,1-4H3. The number of rotatable bonds is 6. The zero-order chi connectivity index (χ0) is 13.8. The van der Waals surface area contributed by atoms with Gasteiger partial charge in [-0.3, -0.25) is 9.58 Å². The van der Waals surface area contributed by atoms with Crippen LogP contribution in [-0.2, 0) is 13.6 Å². The number of aromatic nitrogens is 2. The SMILES string of the molecule is Cc1nn(C)cc1CN(CC(C)C)CC1CCCN1. The average Bonchev–Trinajstić information content (AvgIpc) is 2.89. The van der Waals surface area contributed by atoms with Gasteiger partial charge in [-0.1, -0.05) is 13.8 Å². The van der Waals surface area contributed by atoms with Crippen molar-refractivity contribution in [3.05, 3.63) is 17.5 Å². The Kier molecular flexibility index (Phi) is 4.99. The van der Waals surface area contributed by atoms with Gasteiger partial charge in [0.05, 0.1) is 5.69 Å². The quantitative estimate of drug-likeness (QED) is 0.852. The van der Waals surface area contributed by atoms with Crippen LogP contribution >= 0.6 is 0 Å². The summed E-state index contributed by atoms with van der Waals surface area (Å²) < 4.78 is 1.92. The second-order valence-corrected chi connectivity index (χ2v) is 6.29. The highest BCUT2D eigenvalue weighted by Crippen LogP contribution is 2.14. The maximum absolute atomic E-state index is 4.45. The van der Waals surface area contributed by atoms with Crippen molar-refractivity contribution in [2.45, 2.75) is 46.2 Å². The van der Waals surface area contributed by atoms with E-state index in [9.17, 15) is 0 Å². The molecular formula is C15H28N4. The van der Waals surface area contributed by atoms with Crippen molar-refractivity contribution in [1.82, 2.24) is 20.0 Å². The third-order valence-electron chi connectivity index (χ3n) is 3.77. The maximum atomic E-state index is 4.45. The third-order valence-corrected chi connectivity index (χ3v) is 3.77. The van der Waals surface area contributed by atoms with Gasteiger partial charge in [-0.25, -0.2) is 0 Å². The van der Waals surface area contributed by atoms with Crippen LogP contribution in [0.5, 0.6) is 0 Å².